The van der Waals surface area contributed by atoms with Gasteiger partial charge in [-0.25, -0.2) is 0 Å². The average Bonchev–Trinajstić information content (AvgIpc) is 2.36. The molecule has 0 radical (unpaired) electrons. The van der Waals surface area contributed by atoms with Gasteiger partial charge >= 0.3 is 0 Å². The van der Waals surface area contributed by atoms with Crippen molar-refractivity contribution in [1.29, 1.82) is 0 Å². The highest BCUT2D eigenvalue weighted by molar-refractivity contribution is 9.10. The van der Waals surface area contributed by atoms with Crippen LogP contribution in [0.3, 0.4) is 0 Å². The van der Waals surface area contributed by atoms with Crippen LogP contribution in [0.2, 0.25) is 0 Å². The summed E-state index contributed by atoms with van der Waals surface area (Å²) in [7, 11) is 0. The SMILES string of the molecule is CCC(O)(CC)CN[C@H](C)c1ccc(Br)cc1. The molecule has 1 aromatic carbocycles. The first-order chi connectivity index (χ1) is 8.00. The van der Waals surface area contributed by atoms with E-state index in [0.717, 1.165) is 17.3 Å². The van der Waals surface area contributed by atoms with Crippen LogP contribution in [0.4, 0.5) is 0 Å². The number of hydrogen-bond acceptors (Lipinski definition) is 2. The Morgan fingerprint density at radius 3 is 2.24 bits per heavy atom. The van der Waals surface area contributed by atoms with Crippen molar-refractivity contribution < 1.29 is 5.11 Å². The van der Waals surface area contributed by atoms with Crippen LogP contribution in [0, 0.1) is 0 Å². The number of rotatable bonds is 6. The molecule has 0 aliphatic rings. The third-order valence-electron chi connectivity index (χ3n) is 3.42. The van der Waals surface area contributed by atoms with Crippen molar-refractivity contribution >= 4 is 15.9 Å². The van der Waals surface area contributed by atoms with E-state index in [9.17, 15) is 5.11 Å². The van der Waals surface area contributed by atoms with Crippen LogP contribution < -0.4 is 5.32 Å². The Morgan fingerprint density at radius 2 is 1.76 bits per heavy atom. The molecule has 0 unspecified atom stereocenters. The molecule has 17 heavy (non-hydrogen) atoms. The van der Waals surface area contributed by atoms with Crippen molar-refractivity contribution in [2.45, 2.75) is 45.3 Å². The summed E-state index contributed by atoms with van der Waals surface area (Å²) in [5, 5.41) is 13.6. The Balaban J connectivity index is 2.55. The van der Waals surface area contributed by atoms with E-state index in [2.05, 4.69) is 40.3 Å². The average molecular weight is 300 g/mol. The summed E-state index contributed by atoms with van der Waals surface area (Å²) in [4.78, 5) is 0. The maximum Gasteiger partial charge on any atom is 0.0766 e. The lowest BCUT2D eigenvalue weighted by Crippen LogP contribution is -2.40. The van der Waals surface area contributed by atoms with Crippen LogP contribution in [0.15, 0.2) is 28.7 Å². The topological polar surface area (TPSA) is 32.3 Å². The molecule has 3 heteroatoms. The van der Waals surface area contributed by atoms with Gasteiger partial charge in [-0.2, -0.15) is 0 Å². The summed E-state index contributed by atoms with van der Waals surface area (Å²) in [6.07, 6.45) is 1.56. The molecule has 2 N–H and O–H groups in total. The smallest absolute Gasteiger partial charge is 0.0766 e. The van der Waals surface area contributed by atoms with Gasteiger partial charge < -0.3 is 10.4 Å². The number of benzene rings is 1. The van der Waals surface area contributed by atoms with Crippen molar-refractivity contribution in [1.82, 2.24) is 5.32 Å². The highest BCUT2D eigenvalue weighted by Crippen LogP contribution is 2.19. The first-order valence-electron chi connectivity index (χ1n) is 6.22. The first-order valence-corrected chi connectivity index (χ1v) is 7.01. The largest absolute Gasteiger partial charge is 0.389 e. The van der Waals surface area contributed by atoms with Crippen molar-refractivity contribution in [3.05, 3.63) is 34.3 Å². The molecule has 0 amide bonds. The standard InChI is InChI=1S/C14H22BrNO/c1-4-14(17,5-2)10-16-11(3)12-6-8-13(15)9-7-12/h6-9,11,16-17H,4-5,10H2,1-3H3/t11-/m1/s1. The maximum absolute atomic E-state index is 10.2. The van der Waals surface area contributed by atoms with Crippen molar-refractivity contribution in [3.8, 4) is 0 Å². The van der Waals surface area contributed by atoms with Crippen molar-refractivity contribution in [2.24, 2.45) is 0 Å². The van der Waals surface area contributed by atoms with E-state index in [1.807, 2.05) is 26.0 Å². The van der Waals surface area contributed by atoms with Crippen LogP contribution in [0.1, 0.15) is 45.2 Å². The molecule has 0 fully saturated rings. The molecule has 0 heterocycles. The molecule has 1 atom stereocenters. The number of aliphatic hydroxyl groups is 1. The van der Waals surface area contributed by atoms with E-state index in [-0.39, 0.29) is 6.04 Å². The Morgan fingerprint density at radius 1 is 1.24 bits per heavy atom. The fraction of sp³-hybridized carbons (Fsp3) is 0.571. The lowest BCUT2D eigenvalue weighted by molar-refractivity contribution is 0.0303. The van der Waals surface area contributed by atoms with Crippen LogP contribution >= 0.6 is 15.9 Å². The second kappa shape index (κ2) is 6.53. The predicted molar refractivity (Wildman–Crippen MR) is 76.1 cm³/mol. The number of halogens is 1. The van der Waals surface area contributed by atoms with Gasteiger partial charge in [-0.1, -0.05) is 41.9 Å². The van der Waals surface area contributed by atoms with Crippen LogP contribution in [-0.2, 0) is 0 Å². The van der Waals surface area contributed by atoms with Gasteiger partial charge in [0.25, 0.3) is 0 Å². The van der Waals surface area contributed by atoms with Gasteiger partial charge in [0.05, 0.1) is 5.60 Å². The van der Waals surface area contributed by atoms with E-state index >= 15 is 0 Å². The molecule has 2 nitrogen and oxygen atoms in total. The van der Waals surface area contributed by atoms with Gasteiger partial charge in [0.1, 0.15) is 0 Å². The third kappa shape index (κ3) is 4.41. The normalized spacial score (nSPS) is 13.7. The minimum Gasteiger partial charge on any atom is -0.389 e. The summed E-state index contributed by atoms with van der Waals surface area (Å²) in [5.41, 5.74) is 0.659. The Labute approximate surface area is 113 Å². The third-order valence-corrected chi connectivity index (χ3v) is 3.95. The van der Waals surface area contributed by atoms with Gasteiger partial charge in [0, 0.05) is 17.1 Å². The Kier molecular flexibility index (Phi) is 5.63. The molecule has 1 aromatic rings. The summed E-state index contributed by atoms with van der Waals surface area (Å²) in [5.74, 6) is 0. The molecule has 0 bridgehead atoms. The zero-order valence-corrected chi connectivity index (χ0v) is 12.4. The van der Waals surface area contributed by atoms with Crippen LogP contribution in [0.5, 0.6) is 0 Å². The zero-order chi connectivity index (χ0) is 12.9. The molecule has 0 spiro atoms. The highest BCUT2D eigenvalue weighted by Gasteiger charge is 2.22. The lowest BCUT2D eigenvalue weighted by Gasteiger charge is -2.27. The van der Waals surface area contributed by atoms with Crippen LogP contribution in [-0.4, -0.2) is 17.3 Å². The molecule has 96 valence electrons. The lowest BCUT2D eigenvalue weighted by atomic mass is 9.96. The second-order valence-corrected chi connectivity index (χ2v) is 5.50. The fourth-order valence-electron chi connectivity index (χ4n) is 1.71. The predicted octanol–water partition coefficient (Wildman–Crippen LogP) is 3.65. The number of hydrogen-bond donors (Lipinski definition) is 2. The van der Waals surface area contributed by atoms with E-state index < -0.39 is 5.60 Å². The van der Waals surface area contributed by atoms with E-state index in [4.69, 9.17) is 0 Å². The van der Waals surface area contributed by atoms with Crippen molar-refractivity contribution in [2.75, 3.05) is 6.54 Å². The molecular formula is C14H22BrNO. The van der Waals surface area contributed by atoms with Gasteiger partial charge in [-0.3, -0.25) is 0 Å². The molecule has 1 rings (SSSR count). The zero-order valence-electron chi connectivity index (χ0n) is 10.8. The molecule has 0 aliphatic carbocycles. The number of nitrogens with one attached hydrogen (secondary N) is 1. The summed E-state index contributed by atoms with van der Waals surface area (Å²) in [6, 6.07) is 8.53. The molecule has 0 saturated heterocycles. The molecule has 0 saturated carbocycles. The van der Waals surface area contributed by atoms with Gasteiger partial charge in [0.15, 0.2) is 0 Å². The van der Waals surface area contributed by atoms with Gasteiger partial charge in [0.2, 0.25) is 0 Å². The highest BCUT2D eigenvalue weighted by atomic mass is 79.9. The van der Waals surface area contributed by atoms with E-state index in [1.165, 1.54) is 5.56 Å². The Bertz CT molecular complexity index is 333. The summed E-state index contributed by atoms with van der Waals surface area (Å²) in [6.45, 7) is 6.80. The monoisotopic (exact) mass is 299 g/mol. The fourth-order valence-corrected chi connectivity index (χ4v) is 1.98. The molecule has 0 aromatic heterocycles. The second-order valence-electron chi connectivity index (χ2n) is 4.59. The summed E-state index contributed by atoms with van der Waals surface area (Å²) >= 11 is 3.43. The summed E-state index contributed by atoms with van der Waals surface area (Å²) < 4.78 is 1.09. The van der Waals surface area contributed by atoms with Gasteiger partial charge in [-0.05, 0) is 37.5 Å². The van der Waals surface area contributed by atoms with Gasteiger partial charge in [-0.15, -0.1) is 0 Å². The quantitative estimate of drug-likeness (QED) is 0.840. The minimum atomic E-state index is -0.580. The molecule has 0 aliphatic heterocycles. The molecular weight excluding hydrogens is 278 g/mol. The van der Waals surface area contributed by atoms with E-state index in [1.54, 1.807) is 0 Å². The van der Waals surface area contributed by atoms with Crippen LogP contribution in [0.25, 0.3) is 0 Å². The first kappa shape index (κ1) is 14.7. The van der Waals surface area contributed by atoms with Crippen molar-refractivity contribution in [3.63, 3.8) is 0 Å². The Hall–Kier alpha value is -0.380. The maximum atomic E-state index is 10.2. The minimum absolute atomic E-state index is 0.257. The van der Waals surface area contributed by atoms with E-state index in [0.29, 0.717) is 6.54 Å².